The number of aryl methyl sites for hydroxylation is 1. The zero-order valence-corrected chi connectivity index (χ0v) is 15.3. The van der Waals surface area contributed by atoms with Crippen LogP contribution in [0.5, 0.6) is 0 Å². The molecule has 3 unspecified atom stereocenters. The van der Waals surface area contributed by atoms with Gasteiger partial charge in [-0.25, -0.2) is 9.97 Å². The number of nitrogens with zero attached hydrogens (tertiary/aromatic N) is 4. The van der Waals surface area contributed by atoms with Gasteiger partial charge in [0, 0.05) is 31.3 Å². The minimum atomic E-state index is 0.257. The van der Waals surface area contributed by atoms with E-state index in [1.165, 1.54) is 5.56 Å². The van der Waals surface area contributed by atoms with Crippen LogP contribution in [0.4, 0.5) is 5.95 Å². The van der Waals surface area contributed by atoms with Crippen LogP contribution < -0.4 is 4.90 Å². The molecule has 1 aliphatic heterocycles. The van der Waals surface area contributed by atoms with E-state index in [9.17, 15) is 0 Å². The van der Waals surface area contributed by atoms with Crippen molar-refractivity contribution in [3.63, 3.8) is 0 Å². The number of hydrogen-bond donors (Lipinski definition) is 0. The molecule has 2 fully saturated rings. The van der Waals surface area contributed by atoms with Gasteiger partial charge in [-0.2, -0.15) is 0 Å². The highest BCUT2D eigenvalue weighted by Gasteiger charge is 2.42. The average molecular weight is 354 g/mol. The predicted molar refractivity (Wildman–Crippen MR) is 98.9 cm³/mol. The molecule has 4 rings (SSSR count). The van der Waals surface area contributed by atoms with Gasteiger partial charge >= 0.3 is 0 Å². The SMILES string of the molecule is CCc1cnc(N2CCOC3CC(COCc4ccncc4)CC32)nc1. The molecule has 1 aliphatic carbocycles. The van der Waals surface area contributed by atoms with Crippen molar-refractivity contribution >= 4 is 5.95 Å². The summed E-state index contributed by atoms with van der Waals surface area (Å²) in [5.74, 6) is 1.35. The van der Waals surface area contributed by atoms with E-state index in [0.29, 0.717) is 18.6 Å². The van der Waals surface area contributed by atoms with E-state index in [1.807, 2.05) is 24.5 Å². The first-order valence-electron chi connectivity index (χ1n) is 9.49. The quantitative estimate of drug-likeness (QED) is 0.795. The van der Waals surface area contributed by atoms with Crippen molar-refractivity contribution in [3.05, 3.63) is 48.0 Å². The molecule has 138 valence electrons. The topological polar surface area (TPSA) is 60.4 Å². The first-order valence-corrected chi connectivity index (χ1v) is 9.49. The van der Waals surface area contributed by atoms with Gasteiger partial charge in [0.25, 0.3) is 0 Å². The lowest BCUT2D eigenvalue weighted by Gasteiger charge is -2.37. The molecule has 2 aromatic rings. The summed E-state index contributed by atoms with van der Waals surface area (Å²) in [5, 5.41) is 0. The van der Waals surface area contributed by atoms with Crippen LogP contribution in [-0.4, -0.2) is 46.9 Å². The van der Waals surface area contributed by atoms with Crippen molar-refractivity contribution in [1.29, 1.82) is 0 Å². The second-order valence-electron chi connectivity index (χ2n) is 7.12. The average Bonchev–Trinajstić information content (AvgIpc) is 3.12. The summed E-state index contributed by atoms with van der Waals surface area (Å²) in [7, 11) is 0. The lowest BCUT2D eigenvalue weighted by Crippen LogP contribution is -2.49. The van der Waals surface area contributed by atoms with Crippen molar-refractivity contribution in [2.24, 2.45) is 5.92 Å². The Morgan fingerprint density at radius 3 is 2.73 bits per heavy atom. The van der Waals surface area contributed by atoms with Gasteiger partial charge < -0.3 is 14.4 Å². The normalized spacial score (nSPS) is 25.3. The first-order chi connectivity index (χ1) is 12.8. The highest BCUT2D eigenvalue weighted by molar-refractivity contribution is 5.34. The van der Waals surface area contributed by atoms with Crippen LogP contribution in [0, 0.1) is 5.92 Å². The fourth-order valence-electron chi connectivity index (χ4n) is 3.94. The van der Waals surface area contributed by atoms with E-state index in [-0.39, 0.29) is 6.10 Å². The highest BCUT2D eigenvalue weighted by atomic mass is 16.5. The molecule has 26 heavy (non-hydrogen) atoms. The zero-order chi connectivity index (χ0) is 17.8. The molecular weight excluding hydrogens is 328 g/mol. The van der Waals surface area contributed by atoms with E-state index < -0.39 is 0 Å². The first kappa shape index (κ1) is 17.4. The molecule has 2 aliphatic rings. The van der Waals surface area contributed by atoms with E-state index in [0.717, 1.165) is 50.5 Å². The Hall–Kier alpha value is -2.05. The summed E-state index contributed by atoms with van der Waals surface area (Å²) >= 11 is 0. The molecular formula is C20H26N4O2. The Balaban J connectivity index is 1.35. The fraction of sp³-hybridized carbons (Fsp3) is 0.550. The Labute approximate surface area is 154 Å². The third kappa shape index (κ3) is 3.86. The van der Waals surface area contributed by atoms with Crippen LogP contribution in [0.3, 0.4) is 0 Å². The molecule has 6 nitrogen and oxygen atoms in total. The Morgan fingerprint density at radius 1 is 1.15 bits per heavy atom. The Bertz CT molecular complexity index is 695. The number of anilines is 1. The minimum absolute atomic E-state index is 0.257. The van der Waals surface area contributed by atoms with Crippen molar-refractivity contribution in [2.45, 2.75) is 44.9 Å². The molecule has 1 saturated heterocycles. The third-order valence-electron chi connectivity index (χ3n) is 5.36. The van der Waals surface area contributed by atoms with E-state index in [1.54, 1.807) is 12.4 Å². The summed E-state index contributed by atoms with van der Waals surface area (Å²) in [6, 6.07) is 4.35. The smallest absolute Gasteiger partial charge is 0.225 e. The van der Waals surface area contributed by atoms with Crippen molar-refractivity contribution < 1.29 is 9.47 Å². The predicted octanol–water partition coefficient (Wildman–Crippen LogP) is 2.63. The van der Waals surface area contributed by atoms with Crippen LogP contribution in [-0.2, 0) is 22.5 Å². The summed E-state index contributed by atoms with van der Waals surface area (Å²) in [5.41, 5.74) is 2.34. The largest absolute Gasteiger partial charge is 0.376 e. The molecule has 0 amide bonds. The summed E-state index contributed by atoms with van der Waals surface area (Å²) < 4.78 is 12.0. The lowest BCUT2D eigenvalue weighted by molar-refractivity contribution is 0.0200. The number of hydrogen-bond acceptors (Lipinski definition) is 6. The van der Waals surface area contributed by atoms with E-state index in [2.05, 4.69) is 26.8 Å². The number of aromatic nitrogens is 3. The van der Waals surface area contributed by atoms with Crippen molar-refractivity contribution in [3.8, 4) is 0 Å². The van der Waals surface area contributed by atoms with Gasteiger partial charge in [0.2, 0.25) is 5.95 Å². The van der Waals surface area contributed by atoms with Gasteiger partial charge in [0.05, 0.1) is 32.0 Å². The lowest BCUT2D eigenvalue weighted by atomic mass is 10.1. The molecule has 1 saturated carbocycles. The van der Waals surface area contributed by atoms with Crippen molar-refractivity contribution in [2.75, 3.05) is 24.7 Å². The minimum Gasteiger partial charge on any atom is -0.376 e. The summed E-state index contributed by atoms with van der Waals surface area (Å²) in [6.45, 7) is 5.13. The van der Waals surface area contributed by atoms with Gasteiger partial charge in [0.1, 0.15) is 0 Å². The monoisotopic (exact) mass is 354 g/mol. The van der Waals surface area contributed by atoms with Gasteiger partial charge in [-0.05, 0) is 48.4 Å². The molecule has 0 N–H and O–H groups in total. The molecule has 2 aromatic heterocycles. The molecule has 0 spiro atoms. The Morgan fingerprint density at radius 2 is 1.96 bits per heavy atom. The second kappa shape index (κ2) is 8.10. The summed E-state index contributed by atoms with van der Waals surface area (Å²) in [4.78, 5) is 15.5. The van der Waals surface area contributed by atoms with E-state index in [4.69, 9.17) is 9.47 Å². The fourth-order valence-corrected chi connectivity index (χ4v) is 3.94. The van der Waals surface area contributed by atoms with Crippen molar-refractivity contribution in [1.82, 2.24) is 15.0 Å². The number of morpholine rings is 1. The van der Waals surface area contributed by atoms with Crippen LogP contribution >= 0.6 is 0 Å². The molecule has 0 aromatic carbocycles. The maximum Gasteiger partial charge on any atom is 0.225 e. The van der Waals surface area contributed by atoms with Crippen LogP contribution in [0.15, 0.2) is 36.9 Å². The maximum atomic E-state index is 6.03. The zero-order valence-electron chi connectivity index (χ0n) is 15.3. The van der Waals surface area contributed by atoms with Crippen LogP contribution in [0.2, 0.25) is 0 Å². The summed E-state index contributed by atoms with van der Waals surface area (Å²) in [6.07, 6.45) is 10.8. The Kier molecular flexibility index (Phi) is 5.41. The van der Waals surface area contributed by atoms with Crippen LogP contribution in [0.25, 0.3) is 0 Å². The molecule has 3 atom stereocenters. The maximum absolute atomic E-state index is 6.03. The van der Waals surface area contributed by atoms with Crippen LogP contribution in [0.1, 0.15) is 30.9 Å². The molecule has 0 radical (unpaired) electrons. The number of fused-ring (bicyclic) bond motifs is 1. The standard InChI is InChI=1S/C20H26N4O2/c1-2-15-11-22-20(23-12-15)24-7-8-26-19-10-17(9-18(19)24)14-25-13-16-3-5-21-6-4-16/h3-6,11-12,17-19H,2,7-10,13-14H2,1H3. The number of ether oxygens (including phenoxy) is 2. The third-order valence-corrected chi connectivity index (χ3v) is 5.36. The van der Waals surface area contributed by atoms with Gasteiger partial charge in [-0.15, -0.1) is 0 Å². The number of rotatable bonds is 6. The molecule has 3 heterocycles. The van der Waals surface area contributed by atoms with Gasteiger partial charge in [-0.3, -0.25) is 4.98 Å². The highest BCUT2D eigenvalue weighted by Crippen LogP contribution is 2.35. The van der Waals surface area contributed by atoms with E-state index >= 15 is 0 Å². The number of pyridine rings is 1. The van der Waals surface area contributed by atoms with Gasteiger partial charge in [-0.1, -0.05) is 6.92 Å². The van der Waals surface area contributed by atoms with Gasteiger partial charge in [0.15, 0.2) is 0 Å². The molecule has 0 bridgehead atoms. The molecule has 6 heteroatoms. The second-order valence-corrected chi connectivity index (χ2v) is 7.12.